The molecule has 2 atom stereocenters. The van der Waals surface area contributed by atoms with Gasteiger partial charge in [0.05, 0.1) is 12.2 Å². The maximum Gasteiger partial charge on any atom is 0.325 e. The summed E-state index contributed by atoms with van der Waals surface area (Å²) >= 11 is 0. The van der Waals surface area contributed by atoms with Crippen molar-refractivity contribution in [1.82, 2.24) is 19.6 Å². The lowest BCUT2D eigenvalue weighted by molar-refractivity contribution is -0.134. The molecule has 1 aliphatic heterocycles. The molecule has 1 aliphatic carbocycles. The quantitative estimate of drug-likeness (QED) is 0.863. The highest BCUT2D eigenvalue weighted by atomic mass is 16.2. The molecule has 0 bridgehead atoms. The van der Waals surface area contributed by atoms with Crippen LogP contribution in [-0.4, -0.2) is 31.8 Å². The maximum atomic E-state index is 13.0. The van der Waals surface area contributed by atoms with E-state index in [0.717, 1.165) is 42.6 Å². The smallest absolute Gasteiger partial charge is 0.323 e. The fourth-order valence-corrected chi connectivity index (χ4v) is 4.03. The zero-order valence-electron chi connectivity index (χ0n) is 14.1. The molecule has 1 spiro atoms. The molecule has 126 valence electrons. The molecule has 3 heterocycles. The largest absolute Gasteiger partial charge is 0.325 e. The number of imide groups is 1. The van der Waals surface area contributed by atoms with Gasteiger partial charge in [0, 0.05) is 12.4 Å². The van der Waals surface area contributed by atoms with Gasteiger partial charge in [0.15, 0.2) is 0 Å². The van der Waals surface area contributed by atoms with Crippen molar-refractivity contribution in [1.29, 1.82) is 0 Å². The molecule has 2 aliphatic rings. The number of imidazole rings is 1. The predicted molar refractivity (Wildman–Crippen MR) is 89.4 cm³/mol. The average Bonchev–Trinajstić information content (AvgIpc) is 3.04. The Bertz CT molecular complexity index is 828. The number of pyridine rings is 1. The molecule has 2 aromatic heterocycles. The van der Waals surface area contributed by atoms with Crippen LogP contribution in [0.2, 0.25) is 0 Å². The number of nitrogens with zero attached hydrogens (tertiary/aromatic N) is 3. The van der Waals surface area contributed by atoms with Crippen molar-refractivity contribution in [2.24, 2.45) is 5.92 Å². The van der Waals surface area contributed by atoms with Gasteiger partial charge >= 0.3 is 6.03 Å². The van der Waals surface area contributed by atoms with E-state index in [9.17, 15) is 9.59 Å². The number of carbonyl (C=O) groups excluding carboxylic acids is 2. The number of urea groups is 1. The summed E-state index contributed by atoms with van der Waals surface area (Å²) in [5.74, 6) is 0.0874. The summed E-state index contributed by atoms with van der Waals surface area (Å²) in [7, 11) is 0. The van der Waals surface area contributed by atoms with Crippen molar-refractivity contribution >= 4 is 17.6 Å². The van der Waals surface area contributed by atoms with Gasteiger partial charge in [0.2, 0.25) is 0 Å². The second-order valence-corrected chi connectivity index (χ2v) is 7.14. The van der Waals surface area contributed by atoms with E-state index in [-0.39, 0.29) is 24.4 Å². The number of aromatic nitrogens is 2. The summed E-state index contributed by atoms with van der Waals surface area (Å²) < 4.78 is 1.93. The van der Waals surface area contributed by atoms with Gasteiger partial charge in [-0.3, -0.25) is 9.69 Å². The zero-order chi connectivity index (χ0) is 16.9. The summed E-state index contributed by atoms with van der Waals surface area (Å²) in [6, 6.07) is 3.65. The molecule has 2 aromatic rings. The third-order valence-corrected chi connectivity index (χ3v) is 5.47. The van der Waals surface area contributed by atoms with Crippen LogP contribution in [0.4, 0.5) is 4.79 Å². The van der Waals surface area contributed by atoms with Crippen LogP contribution in [0.5, 0.6) is 0 Å². The van der Waals surface area contributed by atoms with Crippen LogP contribution < -0.4 is 5.32 Å². The van der Waals surface area contributed by atoms with Crippen LogP contribution in [0.3, 0.4) is 0 Å². The first-order chi connectivity index (χ1) is 11.5. The number of hydrogen-bond donors (Lipinski definition) is 1. The van der Waals surface area contributed by atoms with Crippen molar-refractivity contribution in [3.8, 4) is 0 Å². The van der Waals surface area contributed by atoms with Gasteiger partial charge in [-0.2, -0.15) is 0 Å². The Labute approximate surface area is 140 Å². The minimum absolute atomic E-state index is 0.0899. The lowest BCUT2D eigenvalue weighted by Gasteiger charge is -2.36. The van der Waals surface area contributed by atoms with Gasteiger partial charge in [0.25, 0.3) is 5.91 Å². The van der Waals surface area contributed by atoms with Crippen molar-refractivity contribution in [3.63, 3.8) is 0 Å². The molecule has 6 nitrogen and oxygen atoms in total. The normalized spacial score (nSPS) is 27.2. The van der Waals surface area contributed by atoms with E-state index in [0.29, 0.717) is 0 Å². The Morgan fingerprint density at radius 1 is 1.29 bits per heavy atom. The molecule has 0 aromatic carbocycles. The number of carbonyl (C=O) groups is 2. The Balaban J connectivity index is 1.61. The highest BCUT2D eigenvalue weighted by Crippen LogP contribution is 2.38. The predicted octanol–water partition coefficient (Wildman–Crippen LogP) is 2.64. The number of hydrogen-bond acceptors (Lipinski definition) is 3. The molecule has 4 rings (SSSR count). The molecule has 1 saturated heterocycles. The molecule has 3 amide bonds. The van der Waals surface area contributed by atoms with Gasteiger partial charge in [-0.1, -0.05) is 25.8 Å². The topological polar surface area (TPSA) is 66.7 Å². The third-order valence-electron chi connectivity index (χ3n) is 5.47. The third kappa shape index (κ3) is 2.20. The van der Waals surface area contributed by atoms with E-state index in [2.05, 4.69) is 17.2 Å². The van der Waals surface area contributed by atoms with Crippen LogP contribution in [0, 0.1) is 12.8 Å². The first-order valence-corrected chi connectivity index (χ1v) is 8.58. The fourth-order valence-electron chi connectivity index (χ4n) is 4.03. The lowest BCUT2D eigenvalue weighted by Crippen LogP contribution is -2.53. The second kappa shape index (κ2) is 5.33. The van der Waals surface area contributed by atoms with Gasteiger partial charge in [-0.15, -0.1) is 0 Å². The van der Waals surface area contributed by atoms with Crippen LogP contribution in [0.25, 0.3) is 5.65 Å². The molecular formula is C18H22N4O2. The first-order valence-electron chi connectivity index (χ1n) is 8.58. The maximum absolute atomic E-state index is 13.0. The van der Waals surface area contributed by atoms with Crippen molar-refractivity contribution in [3.05, 3.63) is 35.8 Å². The van der Waals surface area contributed by atoms with Gasteiger partial charge < -0.3 is 9.72 Å². The van der Waals surface area contributed by atoms with Gasteiger partial charge in [-0.05, 0) is 37.3 Å². The van der Waals surface area contributed by atoms with E-state index in [1.165, 1.54) is 4.90 Å². The second-order valence-electron chi connectivity index (χ2n) is 7.14. The zero-order valence-corrected chi connectivity index (χ0v) is 14.1. The molecule has 1 N–H and O–H groups in total. The molecule has 0 radical (unpaired) electrons. The Morgan fingerprint density at radius 3 is 2.92 bits per heavy atom. The molecule has 6 heteroatoms. The lowest BCUT2D eigenvalue weighted by atomic mass is 9.73. The minimum Gasteiger partial charge on any atom is -0.323 e. The van der Waals surface area contributed by atoms with Crippen molar-refractivity contribution in [2.45, 2.75) is 51.6 Å². The van der Waals surface area contributed by atoms with Gasteiger partial charge in [-0.25, -0.2) is 9.78 Å². The summed E-state index contributed by atoms with van der Waals surface area (Å²) in [6.07, 6.45) is 7.70. The van der Waals surface area contributed by atoms with E-state index in [4.69, 9.17) is 0 Å². The Morgan fingerprint density at radius 2 is 2.12 bits per heavy atom. The van der Waals surface area contributed by atoms with Crippen molar-refractivity contribution < 1.29 is 9.59 Å². The highest BCUT2D eigenvalue weighted by molar-refractivity contribution is 6.07. The standard InChI is InChI=1S/C18H22N4O2/c1-12-6-7-15-19-14(10-21(15)9-12)11-22-16(23)18(20-17(22)24)8-4-3-5-13(18)2/h6-7,9-10,13H,3-5,8,11H2,1-2H3,(H,20,24). The summed E-state index contributed by atoms with van der Waals surface area (Å²) in [6.45, 7) is 4.30. The SMILES string of the molecule is Cc1ccc2nc(CN3C(=O)NC4(CCCCC4C)C3=O)cn2c1. The number of rotatable bonds is 2. The van der Waals surface area contributed by atoms with Crippen LogP contribution in [0.1, 0.15) is 43.9 Å². The van der Waals surface area contributed by atoms with E-state index in [1.54, 1.807) is 0 Å². The average molecular weight is 326 g/mol. The number of amides is 3. The van der Waals surface area contributed by atoms with Crippen molar-refractivity contribution in [2.75, 3.05) is 0 Å². The number of fused-ring (bicyclic) bond motifs is 1. The van der Waals surface area contributed by atoms with E-state index < -0.39 is 5.54 Å². The Hall–Kier alpha value is -2.37. The summed E-state index contributed by atoms with van der Waals surface area (Å²) in [5.41, 5.74) is 1.98. The van der Waals surface area contributed by atoms with E-state index in [1.807, 2.05) is 35.9 Å². The fraction of sp³-hybridized carbons (Fsp3) is 0.500. The van der Waals surface area contributed by atoms with E-state index >= 15 is 0 Å². The first kappa shape index (κ1) is 15.2. The number of nitrogens with one attached hydrogen (secondary N) is 1. The summed E-state index contributed by atoms with van der Waals surface area (Å²) in [4.78, 5) is 31.3. The molecule has 2 fully saturated rings. The van der Waals surface area contributed by atoms with Crippen LogP contribution in [-0.2, 0) is 11.3 Å². The highest BCUT2D eigenvalue weighted by Gasteiger charge is 2.54. The Kier molecular flexibility index (Phi) is 3.37. The molecular weight excluding hydrogens is 304 g/mol. The number of aryl methyl sites for hydroxylation is 1. The minimum atomic E-state index is -0.703. The summed E-state index contributed by atoms with van der Waals surface area (Å²) in [5, 5.41) is 2.98. The molecule has 2 unspecified atom stereocenters. The van der Waals surface area contributed by atoms with Gasteiger partial charge in [0.1, 0.15) is 11.2 Å². The molecule has 24 heavy (non-hydrogen) atoms. The van der Waals surface area contributed by atoms with Crippen LogP contribution in [0.15, 0.2) is 24.5 Å². The molecule has 1 saturated carbocycles. The monoisotopic (exact) mass is 326 g/mol. The van der Waals surface area contributed by atoms with Crippen LogP contribution >= 0.6 is 0 Å².